The highest BCUT2D eigenvalue weighted by molar-refractivity contribution is 5.94. The lowest BCUT2D eigenvalue weighted by atomic mass is 10.1. The van der Waals surface area contributed by atoms with Crippen molar-refractivity contribution in [1.82, 2.24) is 10.3 Å². The van der Waals surface area contributed by atoms with Crippen LogP contribution in [0.3, 0.4) is 0 Å². The molecule has 0 fully saturated rings. The molecule has 1 N–H and O–H groups in total. The molecular weight excluding hydrogens is 264 g/mol. The Morgan fingerprint density at radius 3 is 2.90 bits per heavy atom. The number of carbonyl (C=O) groups is 1. The maximum atomic E-state index is 12.0. The highest BCUT2D eigenvalue weighted by atomic mass is 16.5. The Morgan fingerprint density at radius 2 is 2.14 bits per heavy atom. The van der Waals surface area contributed by atoms with Gasteiger partial charge in [0.2, 0.25) is 0 Å². The van der Waals surface area contributed by atoms with Crippen molar-refractivity contribution in [2.45, 2.75) is 19.3 Å². The van der Waals surface area contributed by atoms with Gasteiger partial charge in [0.25, 0.3) is 5.91 Å². The van der Waals surface area contributed by atoms with Gasteiger partial charge >= 0.3 is 0 Å². The number of ether oxygens (including phenoxy) is 1. The van der Waals surface area contributed by atoms with E-state index in [1.54, 1.807) is 25.4 Å². The lowest BCUT2D eigenvalue weighted by molar-refractivity contribution is 0.0952. The predicted molar refractivity (Wildman–Crippen MR) is 82.5 cm³/mol. The number of benzene rings is 1. The van der Waals surface area contributed by atoms with Gasteiger partial charge in [-0.25, -0.2) is 0 Å². The minimum absolute atomic E-state index is 0.0599. The van der Waals surface area contributed by atoms with Crippen LogP contribution in [0.15, 0.2) is 48.8 Å². The number of nitrogens with one attached hydrogen (secondary N) is 1. The molecule has 0 radical (unpaired) electrons. The average Bonchev–Trinajstić information content (AvgIpc) is 2.55. The Balaban J connectivity index is 1.69. The quantitative estimate of drug-likeness (QED) is 0.795. The summed E-state index contributed by atoms with van der Waals surface area (Å²) in [6.45, 7) is 0.677. The van der Waals surface area contributed by atoms with Gasteiger partial charge in [0.1, 0.15) is 5.75 Å². The molecule has 21 heavy (non-hydrogen) atoms. The molecule has 2 aromatic rings. The van der Waals surface area contributed by atoms with Gasteiger partial charge < -0.3 is 10.1 Å². The molecule has 2 rings (SSSR count). The maximum Gasteiger partial charge on any atom is 0.251 e. The van der Waals surface area contributed by atoms with Crippen molar-refractivity contribution in [3.05, 3.63) is 59.9 Å². The first-order valence-corrected chi connectivity index (χ1v) is 7.11. The Morgan fingerprint density at radius 1 is 1.24 bits per heavy atom. The predicted octanol–water partition coefficient (Wildman–Crippen LogP) is 2.84. The van der Waals surface area contributed by atoms with Gasteiger partial charge in [0.15, 0.2) is 0 Å². The van der Waals surface area contributed by atoms with E-state index in [1.165, 1.54) is 5.56 Å². The molecule has 1 aromatic heterocycles. The first kappa shape index (κ1) is 15.0. The van der Waals surface area contributed by atoms with Crippen molar-refractivity contribution in [1.29, 1.82) is 0 Å². The molecule has 1 heterocycles. The van der Waals surface area contributed by atoms with Crippen molar-refractivity contribution in [2.24, 2.45) is 0 Å². The van der Waals surface area contributed by atoms with E-state index in [0.717, 1.165) is 19.3 Å². The molecule has 1 amide bonds. The van der Waals surface area contributed by atoms with Crippen molar-refractivity contribution >= 4 is 5.91 Å². The van der Waals surface area contributed by atoms with Crippen LogP contribution in [0.5, 0.6) is 5.75 Å². The smallest absolute Gasteiger partial charge is 0.251 e. The molecule has 0 aliphatic heterocycles. The average molecular weight is 284 g/mol. The van der Waals surface area contributed by atoms with Crippen molar-refractivity contribution in [3.8, 4) is 5.75 Å². The van der Waals surface area contributed by atoms with Crippen LogP contribution in [0.1, 0.15) is 28.8 Å². The zero-order chi connectivity index (χ0) is 14.9. The lowest BCUT2D eigenvalue weighted by Gasteiger charge is -2.06. The standard InChI is InChI=1S/C17H20N2O2/c1-21-16-9-4-8-15(12-16)17(20)19-11-3-2-6-14-7-5-10-18-13-14/h4-5,7-10,12-13H,2-3,6,11H2,1H3,(H,19,20). The van der Waals surface area contributed by atoms with Gasteiger partial charge in [-0.3, -0.25) is 9.78 Å². The second-order valence-electron chi connectivity index (χ2n) is 4.81. The van der Waals surface area contributed by atoms with E-state index in [-0.39, 0.29) is 5.91 Å². The van der Waals surface area contributed by atoms with Crippen molar-refractivity contribution < 1.29 is 9.53 Å². The van der Waals surface area contributed by atoms with Gasteiger partial charge in [-0.1, -0.05) is 12.1 Å². The van der Waals surface area contributed by atoms with Crippen molar-refractivity contribution in [2.75, 3.05) is 13.7 Å². The molecule has 0 spiro atoms. The number of hydrogen-bond donors (Lipinski definition) is 1. The number of amides is 1. The van der Waals surface area contributed by atoms with Crippen LogP contribution in [0.25, 0.3) is 0 Å². The first-order chi connectivity index (χ1) is 10.3. The fourth-order valence-corrected chi connectivity index (χ4v) is 2.07. The van der Waals surface area contributed by atoms with Crippen LogP contribution in [0, 0.1) is 0 Å². The second-order valence-corrected chi connectivity index (χ2v) is 4.81. The van der Waals surface area contributed by atoms with E-state index in [2.05, 4.69) is 16.4 Å². The summed E-state index contributed by atoms with van der Waals surface area (Å²) in [5.41, 5.74) is 1.86. The number of methoxy groups -OCH3 is 1. The summed E-state index contributed by atoms with van der Waals surface area (Å²) in [5.74, 6) is 0.634. The minimum atomic E-state index is -0.0599. The van der Waals surface area contributed by atoms with E-state index in [4.69, 9.17) is 4.74 Å². The summed E-state index contributed by atoms with van der Waals surface area (Å²) in [5, 5.41) is 2.93. The van der Waals surface area contributed by atoms with Crippen LogP contribution < -0.4 is 10.1 Å². The van der Waals surface area contributed by atoms with Gasteiger partial charge in [0, 0.05) is 24.5 Å². The number of aryl methyl sites for hydroxylation is 1. The van der Waals surface area contributed by atoms with Crippen molar-refractivity contribution in [3.63, 3.8) is 0 Å². The number of rotatable bonds is 7. The van der Waals surface area contributed by atoms with Gasteiger partial charge in [0.05, 0.1) is 7.11 Å². The van der Waals surface area contributed by atoms with E-state index in [0.29, 0.717) is 17.9 Å². The lowest BCUT2D eigenvalue weighted by Crippen LogP contribution is -2.24. The molecule has 0 saturated heterocycles. The van der Waals surface area contributed by atoms with E-state index < -0.39 is 0 Å². The Labute approximate surface area is 125 Å². The first-order valence-electron chi connectivity index (χ1n) is 7.11. The summed E-state index contributed by atoms with van der Waals surface area (Å²) in [6.07, 6.45) is 6.63. The monoisotopic (exact) mass is 284 g/mol. The highest BCUT2D eigenvalue weighted by Gasteiger charge is 2.05. The molecule has 0 bridgehead atoms. The van der Waals surface area contributed by atoms with Crippen LogP contribution in [0.4, 0.5) is 0 Å². The summed E-state index contributed by atoms with van der Waals surface area (Å²) in [4.78, 5) is 16.1. The largest absolute Gasteiger partial charge is 0.497 e. The third kappa shape index (κ3) is 4.91. The number of pyridine rings is 1. The third-order valence-corrected chi connectivity index (χ3v) is 3.23. The number of carbonyl (C=O) groups excluding carboxylic acids is 1. The molecule has 0 atom stereocenters. The molecule has 0 aliphatic carbocycles. The molecule has 0 unspecified atom stereocenters. The molecule has 0 saturated carbocycles. The number of aromatic nitrogens is 1. The van der Waals surface area contributed by atoms with Crippen LogP contribution >= 0.6 is 0 Å². The zero-order valence-corrected chi connectivity index (χ0v) is 12.2. The van der Waals surface area contributed by atoms with E-state index in [9.17, 15) is 4.79 Å². The van der Waals surface area contributed by atoms with Crippen LogP contribution in [-0.4, -0.2) is 24.5 Å². The molecule has 0 aliphatic rings. The molecule has 4 heteroatoms. The summed E-state index contributed by atoms with van der Waals surface area (Å²) < 4.78 is 5.11. The third-order valence-electron chi connectivity index (χ3n) is 3.23. The topological polar surface area (TPSA) is 51.2 Å². The summed E-state index contributed by atoms with van der Waals surface area (Å²) >= 11 is 0. The van der Waals surface area contributed by atoms with Crippen LogP contribution in [0.2, 0.25) is 0 Å². The minimum Gasteiger partial charge on any atom is -0.497 e. The SMILES string of the molecule is COc1cccc(C(=O)NCCCCc2cccnc2)c1. The number of nitrogens with zero attached hydrogens (tertiary/aromatic N) is 1. The number of hydrogen-bond acceptors (Lipinski definition) is 3. The van der Waals surface area contributed by atoms with Gasteiger partial charge in [-0.15, -0.1) is 0 Å². The van der Waals surface area contributed by atoms with Gasteiger partial charge in [-0.05, 0) is 49.1 Å². The normalized spacial score (nSPS) is 10.1. The second kappa shape index (κ2) is 8.04. The molecular formula is C17H20N2O2. The highest BCUT2D eigenvalue weighted by Crippen LogP contribution is 2.12. The van der Waals surface area contributed by atoms with E-state index >= 15 is 0 Å². The molecule has 4 nitrogen and oxygen atoms in total. The fourth-order valence-electron chi connectivity index (χ4n) is 2.07. The maximum absolute atomic E-state index is 12.0. The zero-order valence-electron chi connectivity index (χ0n) is 12.2. The Hall–Kier alpha value is -2.36. The van der Waals surface area contributed by atoms with Gasteiger partial charge in [-0.2, -0.15) is 0 Å². The Kier molecular flexibility index (Phi) is 5.76. The molecule has 1 aromatic carbocycles. The molecule has 110 valence electrons. The summed E-state index contributed by atoms with van der Waals surface area (Å²) in [6, 6.07) is 11.2. The Bertz CT molecular complexity index is 570. The number of unbranched alkanes of at least 4 members (excludes halogenated alkanes) is 1. The van der Waals surface area contributed by atoms with Crippen LogP contribution in [-0.2, 0) is 6.42 Å². The fraction of sp³-hybridized carbons (Fsp3) is 0.294. The van der Waals surface area contributed by atoms with E-state index in [1.807, 2.05) is 24.4 Å². The summed E-state index contributed by atoms with van der Waals surface area (Å²) in [7, 11) is 1.59.